The van der Waals surface area contributed by atoms with Crippen LogP contribution in [0.2, 0.25) is 5.02 Å². The highest BCUT2D eigenvalue weighted by atomic mass is 35.5. The number of aromatic nitrogens is 1. The van der Waals surface area contributed by atoms with Crippen LogP contribution in [0, 0.1) is 17.0 Å². The Kier molecular flexibility index (Phi) is 4.23. The fraction of sp³-hybridized carbons (Fsp3) is 0.231. The number of hydrogen-bond acceptors (Lipinski definition) is 6. The van der Waals surface area contributed by atoms with E-state index in [-0.39, 0.29) is 29.0 Å². The summed E-state index contributed by atoms with van der Waals surface area (Å²) >= 11 is 5.84. The first kappa shape index (κ1) is 15.0. The number of carbonyl (C=O) groups excluding carboxylic acids is 1. The number of nitro groups is 1. The summed E-state index contributed by atoms with van der Waals surface area (Å²) in [6.45, 7) is 3.46. The number of ether oxygens (including phenoxy) is 1. The summed E-state index contributed by atoms with van der Waals surface area (Å²) in [5.41, 5.74) is 0.463. The summed E-state index contributed by atoms with van der Waals surface area (Å²) in [6.07, 6.45) is 0. The van der Waals surface area contributed by atoms with E-state index in [0.717, 1.165) is 0 Å². The molecule has 8 heteroatoms. The van der Waals surface area contributed by atoms with E-state index < -0.39 is 10.9 Å². The van der Waals surface area contributed by atoms with E-state index in [4.69, 9.17) is 20.8 Å². The van der Waals surface area contributed by atoms with Crippen LogP contribution in [0.3, 0.4) is 0 Å². The Morgan fingerprint density at radius 1 is 1.48 bits per heavy atom. The highest BCUT2D eigenvalue weighted by Gasteiger charge is 2.21. The maximum atomic E-state index is 11.7. The standard InChI is InChI=1S/C13H11ClN2O5/c1-3-20-13(17)11-7(2)15-12(21-11)8-4-9(14)6-10(5-8)16(18)19/h4-6H,3H2,1-2H3. The van der Waals surface area contributed by atoms with E-state index in [0.29, 0.717) is 11.3 Å². The average Bonchev–Trinajstić information content (AvgIpc) is 2.80. The van der Waals surface area contributed by atoms with Gasteiger partial charge in [0, 0.05) is 22.7 Å². The second-order valence-corrected chi connectivity index (χ2v) is 4.55. The molecule has 0 fully saturated rings. The fourth-order valence-electron chi connectivity index (χ4n) is 1.71. The molecule has 0 radical (unpaired) electrons. The second kappa shape index (κ2) is 5.92. The van der Waals surface area contributed by atoms with Crippen LogP contribution in [0.25, 0.3) is 11.5 Å². The number of benzene rings is 1. The fourth-order valence-corrected chi connectivity index (χ4v) is 1.94. The van der Waals surface area contributed by atoms with E-state index >= 15 is 0 Å². The number of esters is 1. The predicted octanol–water partition coefficient (Wildman–Crippen LogP) is 3.39. The molecule has 0 spiro atoms. The molecule has 1 heterocycles. The lowest BCUT2D eigenvalue weighted by molar-refractivity contribution is -0.384. The van der Waals surface area contributed by atoms with Crippen molar-refractivity contribution in [2.75, 3.05) is 6.61 Å². The number of rotatable bonds is 4. The topological polar surface area (TPSA) is 95.5 Å². The molecule has 1 aromatic heterocycles. The van der Waals surface area contributed by atoms with Gasteiger partial charge in [-0.1, -0.05) is 11.6 Å². The molecule has 21 heavy (non-hydrogen) atoms. The van der Waals surface area contributed by atoms with Crippen molar-refractivity contribution in [2.24, 2.45) is 0 Å². The third kappa shape index (κ3) is 3.19. The summed E-state index contributed by atoms with van der Waals surface area (Å²) in [5, 5.41) is 11.0. The van der Waals surface area contributed by atoms with Gasteiger partial charge in [-0.3, -0.25) is 10.1 Å². The third-order valence-corrected chi connectivity index (χ3v) is 2.82. The number of aryl methyl sites for hydroxylation is 1. The van der Waals surface area contributed by atoms with Gasteiger partial charge in [0.1, 0.15) is 0 Å². The predicted molar refractivity (Wildman–Crippen MR) is 74.3 cm³/mol. The minimum atomic E-state index is -0.634. The molecular weight excluding hydrogens is 300 g/mol. The summed E-state index contributed by atoms with van der Waals surface area (Å²) in [5.74, 6) is -0.596. The van der Waals surface area contributed by atoms with Gasteiger partial charge in [-0.15, -0.1) is 0 Å². The molecule has 0 saturated carbocycles. The Labute approximate surface area is 124 Å². The molecule has 7 nitrogen and oxygen atoms in total. The number of nitro benzene ring substituents is 1. The number of non-ortho nitro benzene ring substituents is 1. The molecule has 0 unspecified atom stereocenters. The first-order valence-electron chi connectivity index (χ1n) is 6.02. The Bertz CT molecular complexity index is 711. The summed E-state index contributed by atoms with van der Waals surface area (Å²) in [6, 6.07) is 3.95. The number of hydrogen-bond donors (Lipinski definition) is 0. The SMILES string of the molecule is CCOC(=O)c1oc(-c2cc(Cl)cc([N+](=O)[O-])c2)nc1C. The first-order valence-corrected chi connectivity index (χ1v) is 6.40. The molecule has 0 aliphatic rings. The lowest BCUT2D eigenvalue weighted by atomic mass is 10.2. The molecule has 0 saturated heterocycles. The van der Waals surface area contributed by atoms with Crippen LogP contribution < -0.4 is 0 Å². The Hall–Kier alpha value is -2.41. The molecule has 2 aromatic rings. The van der Waals surface area contributed by atoms with Gasteiger partial charge in [0.2, 0.25) is 11.7 Å². The maximum Gasteiger partial charge on any atom is 0.376 e. The van der Waals surface area contributed by atoms with Crippen molar-refractivity contribution in [1.82, 2.24) is 4.98 Å². The summed E-state index contributed by atoms with van der Waals surface area (Å²) in [4.78, 5) is 26.0. The number of oxazole rings is 1. The van der Waals surface area contributed by atoms with Gasteiger partial charge in [-0.2, -0.15) is 0 Å². The lowest BCUT2D eigenvalue weighted by Gasteiger charge is -1.99. The quantitative estimate of drug-likeness (QED) is 0.488. The largest absolute Gasteiger partial charge is 0.460 e. The van der Waals surface area contributed by atoms with Crippen molar-refractivity contribution in [1.29, 1.82) is 0 Å². The number of halogens is 1. The summed E-state index contributed by atoms with van der Waals surface area (Å²) < 4.78 is 10.2. The number of carbonyl (C=O) groups is 1. The molecule has 110 valence electrons. The van der Waals surface area contributed by atoms with Crippen LogP contribution in [-0.2, 0) is 4.74 Å². The van der Waals surface area contributed by atoms with Crippen molar-refractivity contribution < 1.29 is 18.9 Å². The van der Waals surface area contributed by atoms with E-state index in [2.05, 4.69) is 4.98 Å². The molecule has 0 atom stereocenters. The van der Waals surface area contributed by atoms with Crippen molar-refractivity contribution >= 4 is 23.3 Å². The third-order valence-electron chi connectivity index (χ3n) is 2.60. The van der Waals surface area contributed by atoms with Crippen molar-refractivity contribution in [2.45, 2.75) is 13.8 Å². The maximum absolute atomic E-state index is 11.7. The highest BCUT2D eigenvalue weighted by molar-refractivity contribution is 6.31. The smallest absolute Gasteiger partial charge is 0.376 e. The average molecular weight is 311 g/mol. The van der Waals surface area contributed by atoms with Gasteiger partial charge < -0.3 is 9.15 Å². The molecule has 0 bridgehead atoms. The zero-order valence-electron chi connectivity index (χ0n) is 11.3. The Balaban J connectivity index is 2.46. The van der Waals surface area contributed by atoms with Crippen LogP contribution >= 0.6 is 11.6 Å². The van der Waals surface area contributed by atoms with Gasteiger partial charge >= 0.3 is 5.97 Å². The van der Waals surface area contributed by atoms with Crippen LogP contribution in [0.4, 0.5) is 5.69 Å². The van der Waals surface area contributed by atoms with Gasteiger partial charge in [-0.25, -0.2) is 9.78 Å². The molecule has 1 aromatic carbocycles. The molecule has 0 amide bonds. The van der Waals surface area contributed by atoms with Crippen molar-refractivity contribution in [3.05, 3.63) is 44.8 Å². The summed E-state index contributed by atoms with van der Waals surface area (Å²) in [7, 11) is 0. The van der Waals surface area contributed by atoms with Crippen LogP contribution in [-0.4, -0.2) is 22.5 Å². The van der Waals surface area contributed by atoms with E-state index in [1.54, 1.807) is 13.8 Å². The normalized spacial score (nSPS) is 10.4. The molecule has 2 rings (SSSR count). The zero-order valence-corrected chi connectivity index (χ0v) is 12.0. The first-order chi connectivity index (χ1) is 9.92. The molecule has 0 aliphatic heterocycles. The monoisotopic (exact) mass is 310 g/mol. The van der Waals surface area contributed by atoms with Gasteiger partial charge in [-0.05, 0) is 19.9 Å². The second-order valence-electron chi connectivity index (χ2n) is 4.11. The van der Waals surface area contributed by atoms with Crippen molar-refractivity contribution in [3.63, 3.8) is 0 Å². The minimum absolute atomic E-state index is 0.0329. The van der Waals surface area contributed by atoms with Crippen molar-refractivity contribution in [3.8, 4) is 11.5 Å². The minimum Gasteiger partial charge on any atom is -0.460 e. The Morgan fingerprint density at radius 3 is 2.81 bits per heavy atom. The zero-order chi connectivity index (χ0) is 15.6. The van der Waals surface area contributed by atoms with E-state index in [1.165, 1.54) is 18.2 Å². The molecular formula is C13H11ClN2O5. The van der Waals surface area contributed by atoms with Gasteiger partial charge in [0.05, 0.1) is 17.2 Å². The molecule has 0 aliphatic carbocycles. The number of nitrogens with zero attached hydrogens (tertiary/aromatic N) is 2. The Morgan fingerprint density at radius 2 is 2.19 bits per heavy atom. The van der Waals surface area contributed by atoms with Crippen LogP contribution in [0.5, 0.6) is 0 Å². The molecule has 0 N–H and O–H groups in total. The van der Waals surface area contributed by atoms with E-state index in [9.17, 15) is 14.9 Å². The van der Waals surface area contributed by atoms with Crippen LogP contribution in [0.15, 0.2) is 22.6 Å². The van der Waals surface area contributed by atoms with Gasteiger partial charge in [0.15, 0.2) is 0 Å². The lowest BCUT2D eigenvalue weighted by Crippen LogP contribution is -2.04. The van der Waals surface area contributed by atoms with Crippen LogP contribution in [0.1, 0.15) is 23.2 Å². The van der Waals surface area contributed by atoms with E-state index in [1.807, 2.05) is 0 Å². The van der Waals surface area contributed by atoms with Gasteiger partial charge in [0.25, 0.3) is 5.69 Å². The highest BCUT2D eigenvalue weighted by Crippen LogP contribution is 2.29.